The molecule has 0 aliphatic rings. The maximum atomic E-state index is 12.1. The molecule has 5 nitrogen and oxygen atoms in total. The number of carbonyl (C=O) groups excluding carboxylic acids is 1. The first-order valence-corrected chi connectivity index (χ1v) is 8.11. The summed E-state index contributed by atoms with van der Waals surface area (Å²) in [5, 5.41) is 6.83. The molecule has 2 N–H and O–H groups in total. The van der Waals surface area contributed by atoms with Crippen LogP contribution in [-0.2, 0) is 0 Å². The summed E-state index contributed by atoms with van der Waals surface area (Å²) >= 11 is 12.3. The Labute approximate surface area is 145 Å². The summed E-state index contributed by atoms with van der Waals surface area (Å²) in [7, 11) is 0. The Balaban J connectivity index is 2.22. The van der Waals surface area contributed by atoms with Crippen LogP contribution in [0.2, 0.25) is 10.0 Å². The summed E-state index contributed by atoms with van der Waals surface area (Å²) in [5.74, 6) is 0.726. The van der Waals surface area contributed by atoms with E-state index in [1.165, 1.54) is 0 Å². The molecule has 1 amide bonds. The van der Waals surface area contributed by atoms with Gasteiger partial charge in [0.25, 0.3) is 5.91 Å². The molecule has 0 atom stereocenters. The van der Waals surface area contributed by atoms with Crippen LogP contribution in [0.25, 0.3) is 0 Å². The highest BCUT2D eigenvalue weighted by Crippen LogP contribution is 2.32. The van der Waals surface area contributed by atoms with Crippen LogP contribution in [0.5, 0.6) is 0 Å². The smallest absolute Gasteiger partial charge is 0.270 e. The first-order chi connectivity index (χ1) is 11.0. The van der Waals surface area contributed by atoms with Crippen LogP contribution in [0.15, 0.2) is 24.3 Å². The molecule has 0 fully saturated rings. The second kappa shape index (κ2) is 8.13. The van der Waals surface area contributed by atoms with Crippen LogP contribution in [-0.4, -0.2) is 22.4 Å². The van der Waals surface area contributed by atoms with Gasteiger partial charge in [0.05, 0.1) is 15.7 Å². The van der Waals surface area contributed by atoms with Gasteiger partial charge in [-0.15, -0.1) is 0 Å². The molecule has 0 saturated heterocycles. The van der Waals surface area contributed by atoms with E-state index in [4.69, 9.17) is 23.2 Å². The van der Waals surface area contributed by atoms with E-state index >= 15 is 0 Å². The number of para-hydroxylation sites is 1. The average Bonchev–Trinajstić information content (AvgIpc) is 2.51. The van der Waals surface area contributed by atoms with Gasteiger partial charge in [0.1, 0.15) is 17.3 Å². The predicted octanol–water partition coefficient (Wildman–Crippen LogP) is 4.37. The third-order valence-corrected chi connectivity index (χ3v) is 3.73. The van der Waals surface area contributed by atoms with E-state index in [1.54, 1.807) is 31.2 Å². The van der Waals surface area contributed by atoms with Crippen molar-refractivity contribution in [2.45, 2.75) is 26.7 Å². The van der Waals surface area contributed by atoms with Gasteiger partial charge >= 0.3 is 0 Å². The second-order valence-corrected chi connectivity index (χ2v) is 5.83. The quantitative estimate of drug-likeness (QED) is 0.757. The standard InChI is InChI=1S/C16H18Cl2N4O/c1-3-4-8-19-16(23)13-9-14(21-10(2)20-13)22-15-11(17)6-5-7-12(15)18/h5-7,9H,3-4,8H2,1-2H3,(H,19,23)(H,20,21,22). The van der Waals surface area contributed by atoms with Crippen LogP contribution in [0, 0.1) is 6.92 Å². The fourth-order valence-corrected chi connectivity index (χ4v) is 2.45. The van der Waals surface area contributed by atoms with Crippen LogP contribution < -0.4 is 10.6 Å². The van der Waals surface area contributed by atoms with Crippen molar-refractivity contribution >= 4 is 40.6 Å². The molecule has 2 aromatic rings. The highest BCUT2D eigenvalue weighted by molar-refractivity contribution is 6.39. The van der Waals surface area contributed by atoms with Crippen molar-refractivity contribution in [2.75, 3.05) is 11.9 Å². The lowest BCUT2D eigenvalue weighted by Crippen LogP contribution is -2.25. The van der Waals surface area contributed by atoms with Gasteiger partial charge in [-0.25, -0.2) is 9.97 Å². The molecule has 0 unspecified atom stereocenters. The zero-order valence-electron chi connectivity index (χ0n) is 13.0. The summed E-state index contributed by atoms with van der Waals surface area (Å²) in [6, 6.07) is 6.78. The molecule has 0 saturated carbocycles. The first kappa shape index (κ1) is 17.5. The van der Waals surface area contributed by atoms with Gasteiger partial charge < -0.3 is 10.6 Å². The molecular formula is C16H18Cl2N4O. The number of unbranched alkanes of at least 4 members (excludes halogenated alkanes) is 1. The monoisotopic (exact) mass is 352 g/mol. The van der Waals surface area contributed by atoms with E-state index in [9.17, 15) is 4.79 Å². The number of rotatable bonds is 6. The molecule has 2 rings (SSSR count). The summed E-state index contributed by atoms with van der Waals surface area (Å²) in [6.45, 7) is 4.41. The molecule has 1 aromatic carbocycles. The van der Waals surface area contributed by atoms with Crippen LogP contribution in [0.3, 0.4) is 0 Å². The van der Waals surface area contributed by atoms with E-state index in [2.05, 4.69) is 27.5 Å². The average molecular weight is 353 g/mol. The number of benzene rings is 1. The lowest BCUT2D eigenvalue weighted by atomic mass is 10.3. The van der Waals surface area contributed by atoms with E-state index in [0.717, 1.165) is 12.8 Å². The molecule has 23 heavy (non-hydrogen) atoms. The molecule has 0 spiro atoms. The number of amides is 1. The van der Waals surface area contributed by atoms with Crippen molar-refractivity contribution in [1.82, 2.24) is 15.3 Å². The van der Waals surface area contributed by atoms with Crippen LogP contribution in [0.1, 0.15) is 36.1 Å². The predicted molar refractivity (Wildman–Crippen MR) is 93.8 cm³/mol. The van der Waals surface area contributed by atoms with Gasteiger partial charge in [-0.2, -0.15) is 0 Å². The Kier molecular flexibility index (Phi) is 6.19. The number of hydrogen-bond acceptors (Lipinski definition) is 4. The largest absolute Gasteiger partial charge is 0.351 e. The number of hydrogen-bond donors (Lipinski definition) is 2. The van der Waals surface area contributed by atoms with Crippen molar-refractivity contribution in [1.29, 1.82) is 0 Å². The Morgan fingerprint density at radius 3 is 2.57 bits per heavy atom. The van der Waals surface area contributed by atoms with Gasteiger partial charge in [-0.05, 0) is 25.5 Å². The fraction of sp³-hybridized carbons (Fsp3) is 0.312. The van der Waals surface area contributed by atoms with Gasteiger partial charge in [-0.3, -0.25) is 4.79 Å². The van der Waals surface area contributed by atoms with E-state index in [-0.39, 0.29) is 5.91 Å². The van der Waals surface area contributed by atoms with Gasteiger partial charge in [0.2, 0.25) is 0 Å². The lowest BCUT2D eigenvalue weighted by Gasteiger charge is -2.11. The maximum absolute atomic E-state index is 12.1. The number of nitrogens with zero attached hydrogens (tertiary/aromatic N) is 2. The zero-order valence-corrected chi connectivity index (χ0v) is 14.5. The van der Waals surface area contributed by atoms with E-state index < -0.39 is 0 Å². The number of aryl methyl sites for hydroxylation is 1. The van der Waals surface area contributed by atoms with Gasteiger partial charge in [0, 0.05) is 12.6 Å². The summed E-state index contributed by atoms with van der Waals surface area (Å²) in [6.07, 6.45) is 1.94. The molecule has 0 radical (unpaired) electrons. The highest BCUT2D eigenvalue weighted by atomic mass is 35.5. The lowest BCUT2D eigenvalue weighted by molar-refractivity contribution is 0.0948. The van der Waals surface area contributed by atoms with Crippen molar-refractivity contribution < 1.29 is 4.79 Å². The van der Waals surface area contributed by atoms with Gasteiger partial charge in [0.15, 0.2) is 0 Å². The third-order valence-electron chi connectivity index (χ3n) is 3.10. The van der Waals surface area contributed by atoms with Crippen molar-refractivity contribution in [2.24, 2.45) is 0 Å². The second-order valence-electron chi connectivity index (χ2n) is 5.02. The Morgan fingerprint density at radius 1 is 1.22 bits per heavy atom. The number of aromatic nitrogens is 2. The minimum atomic E-state index is -0.225. The molecule has 0 aliphatic carbocycles. The number of nitrogens with one attached hydrogen (secondary N) is 2. The molecule has 0 aliphatic heterocycles. The minimum absolute atomic E-state index is 0.225. The Hall–Kier alpha value is -1.85. The number of anilines is 2. The third kappa shape index (κ3) is 4.81. The first-order valence-electron chi connectivity index (χ1n) is 7.36. The van der Waals surface area contributed by atoms with Crippen molar-refractivity contribution in [3.05, 3.63) is 45.8 Å². The van der Waals surface area contributed by atoms with Crippen LogP contribution in [0.4, 0.5) is 11.5 Å². The minimum Gasteiger partial charge on any atom is -0.351 e. The van der Waals surface area contributed by atoms with Crippen LogP contribution >= 0.6 is 23.2 Å². The van der Waals surface area contributed by atoms with E-state index in [1.807, 2.05) is 0 Å². The van der Waals surface area contributed by atoms with Gasteiger partial charge in [-0.1, -0.05) is 42.6 Å². The summed E-state index contributed by atoms with van der Waals surface area (Å²) in [5.41, 5.74) is 0.852. The molecule has 1 aromatic heterocycles. The Morgan fingerprint density at radius 2 is 1.91 bits per heavy atom. The maximum Gasteiger partial charge on any atom is 0.270 e. The summed E-state index contributed by atoms with van der Waals surface area (Å²) in [4.78, 5) is 20.6. The molecule has 0 bridgehead atoms. The number of halogens is 2. The summed E-state index contributed by atoms with van der Waals surface area (Å²) < 4.78 is 0. The molecule has 1 heterocycles. The Bertz CT molecular complexity index is 686. The fourth-order valence-electron chi connectivity index (χ4n) is 1.96. The van der Waals surface area contributed by atoms with Crippen molar-refractivity contribution in [3.8, 4) is 0 Å². The van der Waals surface area contributed by atoms with Crippen molar-refractivity contribution in [3.63, 3.8) is 0 Å². The molecule has 122 valence electrons. The zero-order chi connectivity index (χ0) is 16.8. The number of carbonyl (C=O) groups is 1. The van der Waals surface area contributed by atoms with E-state index in [0.29, 0.717) is 39.6 Å². The molecular weight excluding hydrogens is 335 g/mol. The molecule has 7 heteroatoms. The topological polar surface area (TPSA) is 66.9 Å². The SMILES string of the molecule is CCCCNC(=O)c1cc(Nc2c(Cl)cccc2Cl)nc(C)n1. The normalized spacial score (nSPS) is 10.4. The highest BCUT2D eigenvalue weighted by Gasteiger charge is 2.12.